The summed E-state index contributed by atoms with van der Waals surface area (Å²) in [5, 5.41) is 10.6. The molecule has 158 valence electrons. The van der Waals surface area contributed by atoms with Gasteiger partial charge >= 0.3 is 0 Å². The number of rotatable bonds is 3. The molecule has 0 radical (unpaired) electrons. The molecular formula is C26H22N4OS. The lowest BCUT2D eigenvalue weighted by Gasteiger charge is -2.35. The molecule has 0 amide bonds. The van der Waals surface area contributed by atoms with Crippen LogP contribution in [0.4, 0.5) is 5.82 Å². The van der Waals surface area contributed by atoms with Gasteiger partial charge in [0.25, 0.3) is 0 Å². The van der Waals surface area contributed by atoms with Crippen molar-refractivity contribution >= 4 is 22.9 Å². The van der Waals surface area contributed by atoms with Crippen LogP contribution in [0.2, 0.25) is 0 Å². The molecule has 2 atom stereocenters. The van der Waals surface area contributed by atoms with E-state index >= 15 is 0 Å². The van der Waals surface area contributed by atoms with Crippen LogP contribution < -0.4 is 5.32 Å². The van der Waals surface area contributed by atoms with Crippen molar-refractivity contribution in [1.82, 2.24) is 14.8 Å². The van der Waals surface area contributed by atoms with Crippen LogP contribution in [0.5, 0.6) is 0 Å². The molecule has 0 saturated heterocycles. The monoisotopic (exact) mass is 438 g/mol. The summed E-state index contributed by atoms with van der Waals surface area (Å²) in [6.45, 7) is 2.03. The van der Waals surface area contributed by atoms with Crippen LogP contribution in [0.1, 0.15) is 46.4 Å². The number of aryl methyl sites for hydroxylation is 1. The number of benzene rings is 1. The van der Waals surface area contributed by atoms with E-state index in [1.54, 1.807) is 23.7 Å². The number of carbonyl (C=O) groups is 1. The van der Waals surface area contributed by atoms with Crippen molar-refractivity contribution in [3.63, 3.8) is 0 Å². The highest BCUT2D eigenvalue weighted by atomic mass is 32.1. The number of ketones is 1. The molecule has 0 bridgehead atoms. The molecule has 1 N–H and O–H groups in total. The maximum absolute atomic E-state index is 13.6. The summed E-state index contributed by atoms with van der Waals surface area (Å²) in [7, 11) is 0. The van der Waals surface area contributed by atoms with Crippen molar-refractivity contribution in [3.05, 3.63) is 105 Å². The lowest BCUT2D eigenvalue weighted by Crippen LogP contribution is -2.30. The van der Waals surface area contributed by atoms with Gasteiger partial charge in [-0.25, -0.2) is 4.68 Å². The summed E-state index contributed by atoms with van der Waals surface area (Å²) in [5.41, 5.74) is 5.98. The van der Waals surface area contributed by atoms with Crippen molar-refractivity contribution < 1.29 is 4.79 Å². The third-order valence-corrected chi connectivity index (χ3v) is 7.48. The topological polar surface area (TPSA) is 59.8 Å². The molecule has 32 heavy (non-hydrogen) atoms. The third kappa shape index (κ3) is 3.02. The minimum Gasteiger partial charge on any atom is -0.343 e. The van der Waals surface area contributed by atoms with Gasteiger partial charge in [-0.3, -0.25) is 9.78 Å². The predicted octanol–water partition coefficient (Wildman–Crippen LogP) is 5.60. The van der Waals surface area contributed by atoms with Crippen LogP contribution in [-0.4, -0.2) is 20.5 Å². The molecule has 6 rings (SSSR count). The highest BCUT2D eigenvalue weighted by Crippen LogP contribution is 2.49. The number of fused-ring (bicyclic) bond motifs is 1. The van der Waals surface area contributed by atoms with Gasteiger partial charge in [0.1, 0.15) is 5.82 Å². The molecule has 6 heteroatoms. The number of para-hydroxylation sites is 1. The van der Waals surface area contributed by atoms with Gasteiger partial charge < -0.3 is 5.32 Å². The van der Waals surface area contributed by atoms with Gasteiger partial charge in [-0.15, -0.1) is 11.3 Å². The zero-order chi connectivity index (χ0) is 21.7. The Kier molecular flexibility index (Phi) is 4.54. The summed E-state index contributed by atoms with van der Waals surface area (Å²) in [6.07, 6.45) is 4.97. The highest BCUT2D eigenvalue weighted by Gasteiger charge is 2.41. The summed E-state index contributed by atoms with van der Waals surface area (Å²) < 4.78 is 1.97. The van der Waals surface area contributed by atoms with Gasteiger partial charge in [0, 0.05) is 52.4 Å². The quantitative estimate of drug-likeness (QED) is 0.453. The van der Waals surface area contributed by atoms with Crippen molar-refractivity contribution in [2.45, 2.75) is 31.6 Å². The van der Waals surface area contributed by atoms with E-state index in [-0.39, 0.29) is 17.6 Å². The van der Waals surface area contributed by atoms with Gasteiger partial charge in [0.05, 0.1) is 11.4 Å². The number of thiophene rings is 1. The maximum Gasteiger partial charge on any atom is 0.162 e. The van der Waals surface area contributed by atoms with Gasteiger partial charge in [0.15, 0.2) is 5.78 Å². The van der Waals surface area contributed by atoms with E-state index in [9.17, 15) is 4.79 Å². The van der Waals surface area contributed by atoms with Gasteiger partial charge in [-0.05, 0) is 54.6 Å². The van der Waals surface area contributed by atoms with Crippen LogP contribution in [-0.2, 0) is 4.79 Å². The van der Waals surface area contributed by atoms with E-state index in [1.807, 2.05) is 41.9 Å². The molecule has 1 aromatic carbocycles. The van der Waals surface area contributed by atoms with Crippen LogP contribution in [0.3, 0.4) is 0 Å². The van der Waals surface area contributed by atoms with E-state index < -0.39 is 0 Å². The summed E-state index contributed by atoms with van der Waals surface area (Å²) >= 11 is 1.73. The molecular weight excluding hydrogens is 416 g/mol. The van der Waals surface area contributed by atoms with Crippen LogP contribution in [0, 0.1) is 6.92 Å². The van der Waals surface area contributed by atoms with Gasteiger partial charge in [-0.2, -0.15) is 5.10 Å². The fourth-order valence-corrected chi connectivity index (χ4v) is 5.88. The van der Waals surface area contributed by atoms with Crippen molar-refractivity contribution in [1.29, 1.82) is 0 Å². The van der Waals surface area contributed by atoms with Crippen molar-refractivity contribution in [2.75, 3.05) is 5.32 Å². The standard InChI is InChI=1S/C26H22N4OS/c1-16-23-24(17-9-11-27-12-10-17)25-20(14-18(15-21(25)31)22-8-5-13-32-22)28-26(23)30(29-16)19-6-3-2-4-7-19/h2-13,18,24,28H,14-15H2,1H3/t18-,24-/m0/s1. The van der Waals surface area contributed by atoms with E-state index in [0.29, 0.717) is 6.42 Å². The lowest BCUT2D eigenvalue weighted by atomic mass is 9.73. The minimum absolute atomic E-state index is 0.140. The largest absolute Gasteiger partial charge is 0.343 e. The Morgan fingerprint density at radius 2 is 1.84 bits per heavy atom. The number of hydrogen-bond donors (Lipinski definition) is 1. The molecule has 3 aromatic heterocycles. The number of hydrogen-bond acceptors (Lipinski definition) is 5. The minimum atomic E-state index is -0.140. The van der Waals surface area contributed by atoms with E-state index in [2.05, 4.69) is 39.9 Å². The Morgan fingerprint density at radius 1 is 1.03 bits per heavy atom. The number of nitrogens with one attached hydrogen (secondary N) is 1. The highest BCUT2D eigenvalue weighted by molar-refractivity contribution is 7.10. The Hall–Kier alpha value is -3.51. The number of Topliss-reactive ketones (excluding diaryl/α,β-unsaturated/α-hetero) is 1. The first-order valence-corrected chi connectivity index (χ1v) is 11.7. The summed E-state index contributed by atoms with van der Waals surface area (Å²) in [6, 6.07) is 18.4. The summed E-state index contributed by atoms with van der Waals surface area (Å²) in [4.78, 5) is 19.1. The number of aromatic nitrogens is 3. The number of allylic oxidation sites excluding steroid dienone is 2. The predicted molar refractivity (Wildman–Crippen MR) is 126 cm³/mol. The second-order valence-corrected chi connectivity index (χ2v) is 9.35. The second kappa shape index (κ2) is 7.57. The fourth-order valence-electron chi connectivity index (χ4n) is 5.05. The molecule has 5 nitrogen and oxygen atoms in total. The second-order valence-electron chi connectivity index (χ2n) is 8.37. The summed E-state index contributed by atoms with van der Waals surface area (Å²) in [5.74, 6) is 1.24. The SMILES string of the molecule is Cc1nn(-c2ccccc2)c2c1[C@H](c1ccncc1)C1=C(C[C@H](c3cccs3)CC1=O)N2. The first-order valence-electron chi connectivity index (χ1n) is 10.8. The van der Waals surface area contributed by atoms with Gasteiger partial charge in [0.2, 0.25) is 0 Å². The number of nitrogens with zero attached hydrogens (tertiary/aromatic N) is 3. The number of pyridine rings is 1. The first-order chi connectivity index (χ1) is 15.7. The third-order valence-electron chi connectivity index (χ3n) is 6.45. The maximum atomic E-state index is 13.6. The Balaban J connectivity index is 1.54. The van der Waals surface area contributed by atoms with Crippen molar-refractivity contribution in [3.8, 4) is 5.69 Å². The van der Waals surface area contributed by atoms with Crippen LogP contribution >= 0.6 is 11.3 Å². The fraction of sp³-hybridized carbons (Fsp3) is 0.192. The van der Waals surface area contributed by atoms with Gasteiger partial charge in [-0.1, -0.05) is 24.3 Å². The molecule has 0 spiro atoms. The molecule has 0 saturated carbocycles. The van der Waals surface area contributed by atoms with Crippen LogP contribution in [0.15, 0.2) is 83.6 Å². The molecule has 1 aliphatic carbocycles. The average Bonchev–Trinajstić information content (AvgIpc) is 3.48. The zero-order valence-electron chi connectivity index (χ0n) is 17.7. The molecule has 4 aromatic rings. The average molecular weight is 439 g/mol. The Morgan fingerprint density at radius 3 is 2.59 bits per heavy atom. The molecule has 0 fully saturated rings. The molecule has 0 unspecified atom stereocenters. The van der Waals surface area contributed by atoms with E-state index in [0.717, 1.165) is 46.0 Å². The Bertz CT molecular complexity index is 1320. The molecule has 2 aliphatic rings. The lowest BCUT2D eigenvalue weighted by molar-refractivity contribution is -0.116. The smallest absolute Gasteiger partial charge is 0.162 e. The molecule has 4 heterocycles. The first kappa shape index (κ1) is 19.2. The normalized spacial score (nSPS) is 20.0. The van der Waals surface area contributed by atoms with E-state index in [4.69, 9.17) is 5.10 Å². The number of anilines is 1. The molecule has 1 aliphatic heterocycles. The van der Waals surface area contributed by atoms with E-state index in [1.165, 1.54) is 4.88 Å². The Labute approximate surface area is 190 Å². The zero-order valence-corrected chi connectivity index (χ0v) is 18.5. The van der Waals surface area contributed by atoms with Crippen LogP contribution in [0.25, 0.3) is 5.69 Å². The number of carbonyl (C=O) groups excluding carboxylic acids is 1. The van der Waals surface area contributed by atoms with Crippen molar-refractivity contribution in [2.24, 2.45) is 0 Å².